The number of unbranched alkanes of at least 4 members (excludes halogenated alkanes) is 1. The molecule has 2 heteroatoms. The van der Waals surface area contributed by atoms with Gasteiger partial charge in [0.1, 0.15) is 0 Å². The molecule has 0 atom stereocenters. The third-order valence-electron chi connectivity index (χ3n) is 3.57. The van der Waals surface area contributed by atoms with Gasteiger partial charge in [-0.1, -0.05) is 70.4 Å². The summed E-state index contributed by atoms with van der Waals surface area (Å²) in [4.78, 5) is 0. The fraction of sp³-hybridized carbons (Fsp3) is 0.625. The lowest BCUT2D eigenvalue weighted by Gasteiger charge is -2.20. The Balaban J connectivity index is 0.000000184. The van der Waals surface area contributed by atoms with Crippen LogP contribution in [0.2, 0.25) is 0 Å². The molecule has 0 amide bonds. The highest BCUT2D eigenvalue weighted by atomic mass is 16.3. The number of hydrogen-bond acceptors (Lipinski definition) is 2. The monoisotopic (exact) mass is 250 g/mol. The average molecular weight is 250 g/mol. The number of rotatable bonds is 3. The van der Waals surface area contributed by atoms with Crippen LogP contribution in [-0.4, -0.2) is 10.2 Å². The summed E-state index contributed by atoms with van der Waals surface area (Å²) in [6, 6.07) is 6.15. The molecule has 0 saturated heterocycles. The Bertz CT molecular complexity index is 296. The molecule has 0 aliphatic heterocycles. The average Bonchev–Trinajstić information content (AvgIpc) is 2.42. The van der Waals surface area contributed by atoms with Crippen molar-refractivity contribution >= 4 is 0 Å². The van der Waals surface area contributed by atoms with E-state index in [1.165, 1.54) is 63.5 Å². The minimum atomic E-state index is -0.0764. The third-order valence-corrected chi connectivity index (χ3v) is 3.57. The standard InChI is InChI=1S/C10H20.C6H6O2/c1-2-3-7-10-8-5-4-6-9-10;7-5-3-1-2-4-6(5)8/h10H,2-9H2,1H3;1-4,7-8H. The second-order valence-corrected chi connectivity index (χ2v) is 5.13. The molecule has 0 bridgehead atoms. The van der Waals surface area contributed by atoms with Gasteiger partial charge in [-0.05, 0) is 18.1 Å². The van der Waals surface area contributed by atoms with E-state index in [-0.39, 0.29) is 11.5 Å². The van der Waals surface area contributed by atoms with Crippen LogP contribution in [0, 0.1) is 5.92 Å². The molecule has 0 heterocycles. The summed E-state index contributed by atoms with van der Waals surface area (Å²) in [6.07, 6.45) is 11.9. The maximum absolute atomic E-state index is 8.67. The molecule has 1 saturated carbocycles. The normalized spacial score (nSPS) is 15.8. The lowest BCUT2D eigenvalue weighted by molar-refractivity contribution is 0.331. The van der Waals surface area contributed by atoms with Gasteiger partial charge in [0.15, 0.2) is 11.5 Å². The number of phenols is 2. The zero-order chi connectivity index (χ0) is 13.2. The van der Waals surface area contributed by atoms with Crippen LogP contribution in [-0.2, 0) is 0 Å². The Labute approximate surface area is 111 Å². The molecular formula is C16H26O2. The van der Waals surface area contributed by atoms with Crippen molar-refractivity contribution in [2.24, 2.45) is 5.92 Å². The summed E-state index contributed by atoms with van der Waals surface area (Å²) >= 11 is 0. The lowest BCUT2D eigenvalue weighted by atomic mass is 9.86. The topological polar surface area (TPSA) is 40.5 Å². The Morgan fingerprint density at radius 3 is 2.00 bits per heavy atom. The zero-order valence-electron chi connectivity index (χ0n) is 11.4. The maximum Gasteiger partial charge on any atom is 0.157 e. The summed E-state index contributed by atoms with van der Waals surface area (Å²) in [5.41, 5.74) is 0. The molecule has 1 fully saturated rings. The molecular weight excluding hydrogens is 224 g/mol. The zero-order valence-corrected chi connectivity index (χ0v) is 11.4. The van der Waals surface area contributed by atoms with Crippen LogP contribution < -0.4 is 0 Å². The van der Waals surface area contributed by atoms with Crippen LogP contribution in [0.1, 0.15) is 58.3 Å². The first-order valence-corrected chi connectivity index (χ1v) is 7.21. The second kappa shape index (κ2) is 8.84. The quantitative estimate of drug-likeness (QED) is 0.752. The van der Waals surface area contributed by atoms with E-state index in [9.17, 15) is 0 Å². The molecule has 2 rings (SSSR count). The molecule has 0 spiro atoms. The number of phenolic OH excluding ortho intramolecular Hbond substituents is 2. The molecule has 102 valence electrons. The summed E-state index contributed by atoms with van der Waals surface area (Å²) in [5, 5.41) is 17.3. The molecule has 2 N–H and O–H groups in total. The minimum absolute atomic E-state index is 0.0764. The van der Waals surface area contributed by atoms with Crippen molar-refractivity contribution in [3.8, 4) is 11.5 Å². The Morgan fingerprint density at radius 2 is 1.56 bits per heavy atom. The van der Waals surface area contributed by atoms with Crippen LogP contribution in [0.15, 0.2) is 24.3 Å². The van der Waals surface area contributed by atoms with E-state index in [1.54, 1.807) is 12.1 Å². The van der Waals surface area contributed by atoms with Crippen molar-refractivity contribution in [2.75, 3.05) is 0 Å². The van der Waals surface area contributed by atoms with Crippen molar-refractivity contribution in [1.82, 2.24) is 0 Å². The Morgan fingerprint density at radius 1 is 1.00 bits per heavy atom. The molecule has 1 aliphatic carbocycles. The van der Waals surface area contributed by atoms with Crippen molar-refractivity contribution in [2.45, 2.75) is 58.3 Å². The second-order valence-electron chi connectivity index (χ2n) is 5.13. The van der Waals surface area contributed by atoms with Crippen LogP contribution >= 0.6 is 0 Å². The van der Waals surface area contributed by atoms with Gasteiger partial charge in [0.05, 0.1) is 0 Å². The van der Waals surface area contributed by atoms with Crippen LogP contribution in [0.3, 0.4) is 0 Å². The van der Waals surface area contributed by atoms with Crippen molar-refractivity contribution in [3.05, 3.63) is 24.3 Å². The first-order chi connectivity index (χ1) is 8.74. The molecule has 1 aromatic carbocycles. The van der Waals surface area contributed by atoms with Gasteiger partial charge >= 0.3 is 0 Å². The van der Waals surface area contributed by atoms with Gasteiger partial charge in [-0.3, -0.25) is 0 Å². The number of aromatic hydroxyl groups is 2. The molecule has 2 nitrogen and oxygen atoms in total. The molecule has 18 heavy (non-hydrogen) atoms. The highest BCUT2D eigenvalue weighted by Crippen LogP contribution is 2.27. The first kappa shape index (κ1) is 14.9. The lowest BCUT2D eigenvalue weighted by Crippen LogP contribution is -2.05. The van der Waals surface area contributed by atoms with E-state index in [0.717, 1.165) is 5.92 Å². The van der Waals surface area contributed by atoms with Gasteiger partial charge in [0, 0.05) is 0 Å². The fourth-order valence-corrected chi connectivity index (χ4v) is 2.43. The van der Waals surface area contributed by atoms with Crippen molar-refractivity contribution < 1.29 is 10.2 Å². The highest BCUT2D eigenvalue weighted by molar-refractivity contribution is 5.36. The predicted octanol–water partition coefficient (Wildman–Crippen LogP) is 4.85. The van der Waals surface area contributed by atoms with E-state index >= 15 is 0 Å². The Kier molecular flexibility index (Phi) is 7.31. The minimum Gasteiger partial charge on any atom is -0.504 e. The molecule has 0 aromatic heterocycles. The van der Waals surface area contributed by atoms with E-state index in [2.05, 4.69) is 6.92 Å². The van der Waals surface area contributed by atoms with Crippen molar-refractivity contribution in [1.29, 1.82) is 0 Å². The third kappa shape index (κ3) is 5.95. The van der Waals surface area contributed by atoms with Crippen molar-refractivity contribution in [3.63, 3.8) is 0 Å². The number of benzene rings is 1. The van der Waals surface area contributed by atoms with Gasteiger partial charge < -0.3 is 10.2 Å². The molecule has 0 unspecified atom stereocenters. The fourth-order valence-electron chi connectivity index (χ4n) is 2.43. The van der Waals surface area contributed by atoms with E-state index in [4.69, 9.17) is 10.2 Å². The largest absolute Gasteiger partial charge is 0.504 e. The van der Waals surface area contributed by atoms with Crippen LogP contribution in [0.4, 0.5) is 0 Å². The van der Waals surface area contributed by atoms with E-state index in [0.29, 0.717) is 0 Å². The molecule has 1 aromatic rings. The van der Waals surface area contributed by atoms with E-state index < -0.39 is 0 Å². The summed E-state index contributed by atoms with van der Waals surface area (Å²) in [5.74, 6) is 0.953. The first-order valence-electron chi connectivity index (χ1n) is 7.21. The Hall–Kier alpha value is -1.18. The summed E-state index contributed by atoms with van der Waals surface area (Å²) in [7, 11) is 0. The van der Waals surface area contributed by atoms with Crippen LogP contribution in [0.25, 0.3) is 0 Å². The summed E-state index contributed by atoms with van der Waals surface area (Å²) in [6.45, 7) is 2.29. The number of hydrogen-bond donors (Lipinski definition) is 2. The number of para-hydroxylation sites is 2. The SMILES string of the molecule is CCCCC1CCCCC1.Oc1ccccc1O. The molecule has 1 aliphatic rings. The van der Waals surface area contributed by atoms with Gasteiger partial charge in [0.2, 0.25) is 0 Å². The molecule has 0 radical (unpaired) electrons. The summed E-state index contributed by atoms with van der Waals surface area (Å²) < 4.78 is 0. The maximum atomic E-state index is 8.67. The van der Waals surface area contributed by atoms with Gasteiger partial charge in [-0.25, -0.2) is 0 Å². The van der Waals surface area contributed by atoms with Gasteiger partial charge in [-0.15, -0.1) is 0 Å². The predicted molar refractivity (Wildman–Crippen MR) is 75.9 cm³/mol. The van der Waals surface area contributed by atoms with Crippen LogP contribution in [0.5, 0.6) is 11.5 Å². The smallest absolute Gasteiger partial charge is 0.157 e. The van der Waals surface area contributed by atoms with E-state index in [1.807, 2.05) is 0 Å². The highest BCUT2D eigenvalue weighted by Gasteiger charge is 2.11. The van der Waals surface area contributed by atoms with Gasteiger partial charge in [-0.2, -0.15) is 0 Å². The van der Waals surface area contributed by atoms with Gasteiger partial charge in [0.25, 0.3) is 0 Å².